The summed E-state index contributed by atoms with van der Waals surface area (Å²) in [6, 6.07) is 1.68. The summed E-state index contributed by atoms with van der Waals surface area (Å²) < 4.78 is 29.2. The fraction of sp³-hybridized carbons (Fsp3) is 0.692. The first kappa shape index (κ1) is 17.6. The predicted octanol–water partition coefficient (Wildman–Crippen LogP) is 1.55. The Morgan fingerprint density at radius 3 is 2.75 bits per heavy atom. The molecule has 7 heteroatoms. The van der Waals surface area contributed by atoms with Gasteiger partial charge in [-0.2, -0.15) is 11.8 Å². The highest BCUT2D eigenvalue weighted by Crippen LogP contribution is 2.14. The zero-order valence-electron chi connectivity index (χ0n) is 12.6. The molecule has 1 unspecified atom stereocenters. The minimum absolute atomic E-state index is 0.0510. The van der Waals surface area contributed by atoms with E-state index in [1.807, 2.05) is 31.7 Å². The summed E-state index contributed by atoms with van der Waals surface area (Å²) in [5.74, 6) is 0.949. The van der Waals surface area contributed by atoms with Gasteiger partial charge in [0.15, 0.2) is 0 Å². The van der Waals surface area contributed by atoms with Crippen molar-refractivity contribution in [2.45, 2.75) is 37.8 Å². The lowest BCUT2D eigenvalue weighted by molar-refractivity contribution is 0.557. The number of sulfonamides is 1. The summed E-state index contributed by atoms with van der Waals surface area (Å²) in [5.41, 5.74) is 0.962. The molecule has 0 spiro atoms. The van der Waals surface area contributed by atoms with Gasteiger partial charge in [-0.05, 0) is 38.0 Å². The summed E-state index contributed by atoms with van der Waals surface area (Å²) in [6.07, 6.45) is 4.51. The average Bonchev–Trinajstić information content (AvgIpc) is 2.75. The Kier molecular flexibility index (Phi) is 7.08. The van der Waals surface area contributed by atoms with Crippen LogP contribution in [0.25, 0.3) is 0 Å². The zero-order valence-corrected chi connectivity index (χ0v) is 14.3. The van der Waals surface area contributed by atoms with Gasteiger partial charge in [0.2, 0.25) is 10.0 Å². The first-order valence-corrected chi connectivity index (χ1v) is 9.65. The molecule has 0 bridgehead atoms. The summed E-state index contributed by atoms with van der Waals surface area (Å²) in [4.78, 5) is 0.337. The van der Waals surface area contributed by atoms with Crippen molar-refractivity contribution in [2.24, 2.45) is 7.05 Å². The van der Waals surface area contributed by atoms with Crippen molar-refractivity contribution in [3.05, 3.63) is 18.0 Å². The lowest BCUT2D eigenvalue weighted by Crippen LogP contribution is -2.32. The van der Waals surface area contributed by atoms with Crippen LogP contribution in [0.2, 0.25) is 0 Å². The van der Waals surface area contributed by atoms with Crippen LogP contribution in [0.3, 0.4) is 0 Å². The Bertz CT molecular complexity index is 512. The van der Waals surface area contributed by atoms with E-state index in [0.717, 1.165) is 24.4 Å². The van der Waals surface area contributed by atoms with Crippen molar-refractivity contribution >= 4 is 21.8 Å². The predicted molar refractivity (Wildman–Crippen MR) is 85.6 cm³/mol. The van der Waals surface area contributed by atoms with Crippen LogP contribution in [-0.4, -0.2) is 37.6 Å². The van der Waals surface area contributed by atoms with E-state index < -0.39 is 10.0 Å². The molecule has 0 aliphatic rings. The summed E-state index contributed by atoms with van der Waals surface area (Å²) in [6.45, 7) is 5.45. The number of nitrogens with zero attached hydrogens (tertiary/aromatic N) is 1. The third-order valence-corrected chi connectivity index (χ3v) is 5.26. The monoisotopic (exact) mass is 319 g/mol. The molecule has 116 valence electrons. The van der Waals surface area contributed by atoms with Crippen LogP contribution in [0, 0.1) is 0 Å². The molecule has 1 aromatic rings. The van der Waals surface area contributed by atoms with Crippen LogP contribution in [0.5, 0.6) is 0 Å². The van der Waals surface area contributed by atoms with Crippen LogP contribution in [-0.2, 0) is 23.6 Å². The van der Waals surface area contributed by atoms with Crippen molar-refractivity contribution < 1.29 is 8.42 Å². The van der Waals surface area contributed by atoms with E-state index in [9.17, 15) is 8.42 Å². The van der Waals surface area contributed by atoms with Crippen LogP contribution >= 0.6 is 11.8 Å². The Morgan fingerprint density at radius 1 is 1.45 bits per heavy atom. The summed E-state index contributed by atoms with van der Waals surface area (Å²) in [7, 11) is -1.56. The molecule has 0 aliphatic carbocycles. The lowest BCUT2D eigenvalue weighted by atomic mass is 10.3. The molecular formula is C13H25N3O2S2. The van der Waals surface area contributed by atoms with E-state index in [0.29, 0.717) is 11.4 Å². The highest BCUT2D eigenvalue weighted by Gasteiger charge is 2.19. The average molecular weight is 319 g/mol. The maximum absolute atomic E-state index is 12.3. The Balaban J connectivity index is 2.77. The molecule has 1 rings (SSSR count). The smallest absolute Gasteiger partial charge is 0.242 e. The molecule has 0 radical (unpaired) electrons. The van der Waals surface area contributed by atoms with Gasteiger partial charge in [-0.3, -0.25) is 0 Å². The molecule has 2 N–H and O–H groups in total. The van der Waals surface area contributed by atoms with E-state index in [4.69, 9.17) is 0 Å². The normalized spacial score (nSPS) is 13.6. The molecule has 0 aromatic carbocycles. The van der Waals surface area contributed by atoms with Crippen LogP contribution < -0.4 is 10.0 Å². The number of nitrogens with one attached hydrogen (secondary N) is 2. The SMILES string of the molecule is CCNCc1cc(S(=O)(=O)NC(C)CCSC)cn1C. The second kappa shape index (κ2) is 8.07. The first-order valence-electron chi connectivity index (χ1n) is 6.78. The fourth-order valence-corrected chi connectivity index (χ4v) is 3.80. The number of hydrogen-bond acceptors (Lipinski definition) is 4. The number of thioether (sulfide) groups is 1. The van der Waals surface area contributed by atoms with Gasteiger partial charge >= 0.3 is 0 Å². The molecule has 0 saturated heterocycles. The van der Waals surface area contributed by atoms with Gasteiger partial charge in [0.1, 0.15) is 0 Å². The van der Waals surface area contributed by atoms with E-state index in [2.05, 4.69) is 10.0 Å². The Hall–Kier alpha value is -0.500. The van der Waals surface area contributed by atoms with Gasteiger partial charge < -0.3 is 9.88 Å². The lowest BCUT2D eigenvalue weighted by Gasteiger charge is -2.12. The van der Waals surface area contributed by atoms with Crippen LogP contribution in [0.4, 0.5) is 0 Å². The highest BCUT2D eigenvalue weighted by atomic mass is 32.2. The van der Waals surface area contributed by atoms with Crippen molar-refractivity contribution in [1.82, 2.24) is 14.6 Å². The molecule has 1 heterocycles. The van der Waals surface area contributed by atoms with Gasteiger partial charge in [0.25, 0.3) is 0 Å². The first-order chi connectivity index (χ1) is 9.40. The fourth-order valence-electron chi connectivity index (χ4n) is 1.84. The maximum atomic E-state index is 12.3. The van der Waals surface area contributed by atoms with Gasteiger partial charge in [-0.15, -0.1) is 0 Å². The molecular weight excluding hydrogens is 294 g/mol. The van der Waals surface area contributed by atoms with E-state index >= 15 is 0 Å². The number of aromatic nitrogens is 1. The molecule has 0 aliphatic heterocycles. The second-order valence-electron chi connectivity index (χ2n) is 4.86. The molecule has 0 fully saturated rings. The van der Waals surface area contributed by atoms with Crippen LogP contribution in [0.1, 0.15) is 26.0 Å². The summed E-state index contributed by atoms with van der Waals surface area (Å²) in [5, 5.41) is 3.20. The molecule has 0 saturated carbocycles. The third-order valence-electron chi connectivity index (χ3n) is 3.06. The Labute approximate surface area is 126 Å². The molecule has 1 atom stereocenters. The molecule has 1 aromatic heterocycles. The minimum atomic E-state index is -3.42. The minimum Gasteiger partial charge on any atom is -0.352 e. The Morgan fingerprint density at radius 2 is 2.15 bits per heavy atom. The molecule has 0 amide bonds. The number of hydrogen-bond donors (Lipinski definition) is 2. The van der Waals surface area contributed by atoms with Crippen molar-refractivity contribution in [2.75, 3.05) is 18.6 Å². The van der Waals surface area contributed by atoms with Crippen molar-refractivity contribution in [3.8, 4) is 0 Å². The quantitative estimate of drug-likeness (QED) is 0.725. The van der Waals surface area contributed by atoms with Crippen molar-refractivity contribution in [3.63, 3.8) is 0 Å². The number of aryl methyl sites for hydroxylation is 1. The summed E-state index contributed by atoms with van der Waals surface area (Å²) >= 11 is 1.72. The zero-order chi connectivity index (χ0) is 15.2. The second-order valence-corrected chi connectivity index (χ2v) is 7.56. The topological polar surface area (TPSA) is 63.1 Å². The van der Waals surface area contributed by atoms with Gasteiger partial charge in [0, 0.05) is 31.5 Å². The molecule has 20 heavy (non-hydrogen) atoms. The van der Waals surface area contributed by atoms with Crippen LogP contribution in [0.15, 0.2) is 17.2 Å². The highest BCUT2D eigenvalue weighted by molar-refractivity contribution is 7.98. The molecule has 5 nitrogen and oxygen atoms in total. The standard InChI is InChI=1S/C13H25N3O2S2/c1-5-14-9-12-8-13(10-16(12)3)20(17,18)15-11(2)6-7-19-4/h8,10-11,14-15H,5-7,9H2,1-4H3. The largest absolute Gasteiger partial charge is 0.352 e. The number of rotatable bonds is 9. The van der Waals surface area contributed by atoms with E-state index in [-0.39, 0.29) is 6.04 Å². The van der Waals surface area contributed by atoms with Gasteiger partial charge in [0.05, 0.1) is 4.90 Å². The van der Waals surface area contributed by atoms with E-state index in [1.54, 1.807) is 24.0 Å². The van der Waals surface area contributed by atoms with Crippen molar-refractivity contribution in [1.29, 1.82) is 0 Å². The van der Waals surface area contributed by atoms with Gasteiger partial charge in [-0.25, -0.2) is 13.1 Å². The maximum Gasteiger partial charge on any atom is 0.242 e. The third kappa shape index (κ3) is 5.12. The van der Waals surface area contributed by atoms with E-state index in [1.165, 1.54) is 0 Å². The van der Waals surface area contributed by atoms with Gasteiger partial charge in [-0.1, -0.05) is 6.92 Å².